The molecule has 0 aliphatic heterocycles. The molecular formula is C14H21NO3. The van der Waals surface area contributed by atoms with Gasteiger partial charge in [0.2, 0.25) is 5.91 Å². The van der Waals surface area contributed by atoms with Crippen LogP contribution in [0.3, 0.4) is 0 Å². The van der Waals surface area contributed by atoms with Crippen LogP contribution in [0.2, 0.25) is 0 Å². The van der Waals surface area contributed by atoms with Crippen LogP contribution in [-0.2, 0) is 4.79 Å². The van der Waals surface area contributed by atoms with Gasteiger partial charge >= 0.3 is 0 Å². The van der Waals surface area contributed by atoms with Gasteiger partial charge < -0.3 is 15.2 Å². The number of benzene rings is 1. The van der Waals surface area contributed by atoms with Crippen molar-refractivity contribution in [2.75, 3.05) is 19.8 Å². The minimum Gasteiger partial charge on any atom is -0.493 e. The summed E-state index contributed by atoms with van der Waals surface area (Å²) in [6, 6.07) is 9.43. The number of amides is 1. The molecule has 1 rings (SSSR count). The first-order valence-electron chi connectivity index (χ1n) is 6.27. The predicted molar refractivity (Wildman–Crippen MR) is 70.4 cm³/mol. The summed E-state index contributed by atoms with van der Waals surface area (Å²) < 4.78 is 5.43. The van der Waals surface area contributed by atoms with Gasteiger partial charge in [0, 0.05) is 13.2 Å². The fraction of sp³-hybridized carbons (Fsp3) is 0.500. The van der Waals surface area contributed by atoms with E-state index in [9.17, 15) is 4.79 Å². The third kappa shape index (κ3) is 6.25. The van der Waals surface area contributed by atoms with Crippen LogP contribution in [0.4, 0.5) is 0 Å². The van der Waals surface area contributed by atoms with Gasteiger partial charge in [-0.3, -0.25) is 4.79 Å². The summed E-state index contributed by atoms with van der Waals surface area (Å²) in [5.41, 5.74) is 0. The van der Waals surface area contributed by atoms with Crippen LogP contribution in [-0.4, -0.2) is 30.8 Å². The normalized spacial score (nSPS) is 11.9. The largest absolute Gasteiger partial charge is 0.493 e. The molecule has 0 fully saturated rings. The average molecular weight is 251 g/mol. The maximum Gasteiger partial charge on any atom is 0.223 e. The summed E-state index contributed by atoms with van der Waals surface area (Å²) in [6.45, 7) is 3.14. The Labute approximate surface area is 108 Å². The Morgan fingerprint density at radius 2 is 2.11 bits per heavy atom. The highest BCUT2D eigenvalue weighted by Gasteiger charge is 2.05. The van der Waals surface area contributed by atoms with Crippen molar-refractivity contribution >= 4 is 5.91 Å². The highest BCUT2D eigenvalue weighted by molar-refractivity contribution is 5.75. The molecule has 1 atom stereocenters. The second-order valence-electron chi connectivity index (χ2n) is 4.33. The first-order chi connectivity index (χ1) is 8.72. The van der Waals surface area contributed by atoms with Gasteiger partial charge in [0.15, 0.2) is 0 Å². The van der Waals surface area contributed by atoms with Crippen molar-refractivity contribution < 1.29 is 14.6 Å². The first kappa shape index (κ1) is 14.5. The van der Waals surface area contributed by atoms with Gasteiger partial charge in [0.05, 0.1) is 13.0 Å². The molecule has 0 heterocycles. The summed E-state index contributed by atoms with van der Waals surface area (Å²) in [5, 5.41) is 11.6. The molecule has 2 N–H and O–H groups in total. The first-order valence-corrected chi connectivity index (χ1v) is 6.27. The van der Waals surface area contributed by atoms with Gasteiger partial charge in [-0.15, -0.1) is 0 Å². The molecule has 1 aromatic carbocycles. The van der Waals surface area contributed by atoms with Crippen molar-refractivity contribution in [1.29, 1.82) is 0 Å². The highest BCUT2D eigenvalue weighted by Crippen LogP contribution is 2.08. The van der Waals surface area contributed by atoms with E-state index in [4.69, 9.17) is 9.84 Å². The number of hydrogen-bond donors (Lipinski definition) is 2. The third-order valence-corrected chi connectivity index (χ3v) is 2.61. The topological polar surface area (TPSA) is 58.6 Å². The number of carbonyl (C=O) groups excluding carboxylic acids is 1. The number of para-hydroxylation sites is 1. The minimum absolute atomic E-state index is 0.0179. The van der Waals surface area contributed by atoms with Crippen molar-refractivity contribution in [1.82, 2.24) is 5.32 Å². The Morgan fingerprint density at radius 3 is 2.78 bits per heavy atom. The number of hydrogen-bond acceptors (Lipinski definition) is 3. The number of rotatable bonds is 8. The molecule has 0 radical (unpaired) electrons. The standard InChI is InChI=1S/C14H21NO3/c1-12(7-9-16)11-15-14(17)8-10-18-13-5-3-2-4-6-13/h2-6,12,16H,7-11H2,1H3,(H,15,17). The van der Waals surface area contributed by atoms with Gasteiger partial charge in [-0.05, 0) is 24.5 Å². The second kappa shape index (κ2) is 8.53. The lowest BCUT2D eigenvalue weighted by atomic mass is 10.1. The van der Waals surface area contributed by atoms with Crippen LogP contribution in [0, 0.1) is 5.92 Å². The summed E-state index contributed by atoms with van der Waals surface area (Å²) >= 11 is 0. The molecule has 0 saturated carbocycles. The maximum absolute atomic E-state index is 11.5. The van der Waals surface area contributed by atoms with E-state index in [1.165, 1.54) is 0 Å². The zero-order chi connectivity index (χ0) is 13.2. The lowest BCUT2D eigenvalue weighted by Gasteiger charge is -2.11. The summed E-state index contributed by atoms with van der Waals surface area (Å²) in [4.78, 5) is 11.5. The van der Waals surface area contributed by atoms with E-state index in [1.807, 2.05) is 37.3 Å². The number of nitrogens with one attached hydrogen (secondary N) is 1. The van der Waals surface area contributed by atoms with E-state index in [1.54, 1.807) is 0 Å². The minimum atomic E-state index is -0.0179. The fourth-order valence-corrected chi connectivity index (χ4v) is 1.48. The Balaban J connectivity index is 2.10. The third-order valence-electron chi connectivity index (χ3n) is 2.61. The van der Waals surface area contributed by atoms with Crippen molar-refractivity contribution in [2.24, 2.45) is 5.92 Å². The van der Waals surface area contributed by atoms with Crippen LogP contribution in [0.1, 0.15) is 19.8 Å². The van der Waals surface area contributed by atoms with Gasteiger partial charge in [-0.1, -0.05) is 25.1 Å². The van der Waals surface area contributed by atoms with Crippen molar-refractivity contribution in [3.8, 4) is 5.75 Å². The molecule has 0 aliphatic carbocycles. The molecule has 1 aromatic rings. The van der Waals surface area contributed by atoms with E-state index in [-0.39, 0.29) is 12.5 Å². The molecule has 1 amide bonds. The summed E-state index contributed by atoms with van der Waals surface area (Å²) in [6.07, 6.45) is 1.06. The van der Waals surface area contributed by atoms with E-state index >= 15 is 0 Å². The highest BCUT2D eigenvalue weighted by atomic mass is 16.5. The van der Waals surface area contributed by atoms with Crippen LogP contribution in [0.5, 0.6) is 5.75 Å². The Bertz CT molecular complexity index is 340. The van der Waals surface area contributed by atoms with E-state index in [2.05, 4.69) is 5.32 Å². The average Bonchev–Trinajstić information content (AvgIpc) is 2.38. The lowest BCUT2D eigenvalue weighted by Crippen LogP contribution is -2.29. The molecule has 0 bridgehead atoms. The second-order valence-corrected chi connectivity index (χ2v) is 4.33. The van der Waals surface area contributed by atoms with Crippen molar-refractivity contribution in [3.63, 3.8) is 0 Å². The molecular weight excluding hydrogens is 230 g/mol. The Morgan fingerprint density at radius 1 is 1.39 bits per heavy atom. The molecule has 100 valence electrons. The van der Waals surface area contributed by atoms with Crippen molar-refractivity contribution in [3.05, 3.63) is 30.3 Å². The number of aliphatic hydroxyl groups excluding tert-OH is 1. The van der Waals surface area contributed by atoms with Gasteiger partial charge in [0.1, 0.15) is 5.75 Å². The van der Waals surface area contributed by atoms with Crippen molar-refractivity contribution in [2.45, 2.75) is 19.8 Å². The molecule has 4 nitrogen and oxygen atoms in total. The number of carbonyl (C=O) groups is 1. The quantitative estimate of drug-likeness (QED) is 0.737. The number of aliphatic hydroxyl groups is 1. The maximum atomic E-state index is 11.5. The zero-order valence-electron chi connectivity index (χ0n) is 10.8. The summed E-state index contributed by atoms with van der Waals surface area (Å²) in [7, 11) is 0. The van der Waals surface area contributed by atoms with E-state index < -0.39 is 0 Å². The fourth-order valence-electron chi connectivity index (χ4n) is 1.48. The van der Waals surface area contributed by atoms with Crippen LogP contribution >= 0.6 is 0 Å². The van der Waals surface area contributed by atoms with Crippen LogP contribution in [0.15, 0.2) is 30.3 Å². The van der Waals surface area contributed by atoms with Gasteiger partial charge in [0.25, 0.3) is 0 Å². The molecule has 1 unspecified atom stereocenters. The SMILES string of the molecule is CC(CCO)CNC(=O)CCOc1ccccc1. The van der Waals surface area contributed by atoms with E-state index in [0.29, 0.717) is 31.9 Å². The van der Waals surface area contributed by atoms with Gasteiger partial charge in [-0.25, -0.2) is 0 Å². The lowest BCUT2D eigenvalue weighted by molar-refractivity contribution is -0.121. The molecule has 0 aliphatic rings. The van der Waals surface area contributed by atoms with E-state index in [0.717, 1.165) is 5.75 Å². The molecule has 4 heteroatoms. The molecule has 18 heavy (non-hydrogen) atoms. The van der Waals surface area contributed by atoms with Crippen LogP contribution in [0.25, 0.3) is 0 Å². The molecule has 0 saturated heterocycles. The monoisotopic (exact) mass is 251 g/mol. The van der Waals surface area contributed by atoms with Crippen LogP contribution < -0.4 is 10.1 Å². The zero-order valence-corrected chi connectivity index (χ0v) is 10.8. The molecule has 0 spiro atoms. The molecule has 0 aromatic heterocycles. The Hall–Kier alpha value is -1.55. The summed E-state index contributed by atoms with van der Waals surface area (Å²) in [5.74, 6) is 1.06. The smallest absolute Gasteiger partial charge is 0.223 e. The predicted octanol–water partition coefficient (Wildman–Crippen LogP) is 1.59. The number of ether oxygens (including phenoxy) is 1. The Kier molecular flexibility index (Phi) is 6.87. The van der Waals surface area contributed by atoms with Gasteiger partial charge in [-0.2, -0.15) is 0 Å².